The largest absolute Gasteiger partial charge is 0.385 e. The number of imidazole rings is 1. The molecule has 0 saturated heterocycles. The van der Waals surface area contributed by atoms with E-state index in [2.05, 4.69) is 4.98 Å². The molecule has 2 aromatic heterocycles. The lowest BCUT2D eigenvalue weighted by Crippen LogP contribution is -2.30. The van der Waals surface area contributed by atoms with Crippen LogP contribution in [0.5, 0.6) is 0 Å². The molecule has 1 amide bonds. The first kappa shape index (κ1) is 15.7. The lowest BCUT2D eigenvalue weighted by molar-refractivity contribution is -0.131. The van der Waals surface area contributed by atoms with Gasteiger partial charge >= 0.3 is 0 Å². The number of fused-ring (bicyclic) bond motifs is 1. The van der Waals surface area contributed by atoms with Crippen molar-refractivity contribution in [3.63, 3.8) is 0 Å². The van der Waals surface area contributed by atoms with Gasteiger partial charge in [-0.3, -0.25) is 4.79 Å². The Morgan fingerprint density at radius 2 is 2.13 bits per heavy atom. The standard InChI is InChI=1S/C17H19N3O2S/c1-12(21)17-18-14-7-3-4-8-15(14)20(17)11-16(22)19(2)10-13-6-5-9-23-13/h3-9,12,21H,10-11H2,1-2H3/t12-/m0/s1. The third kappa shape index (κ3) is 3.28. The topological polar surface area (TPSA) is 58.4 Å². The molecule has 0 unspecified atom stereocenters. The number of nitrogens with zero attached hydrogens (tertiary/aromatic N) is 3. The Morgan fingerprint density at radius 1 is 1.35 bits per heavy atom. The van der Waals surface area contributed by atoms with Crippen LogP contribution >= 0.6 is 11.3 Å². The first-order valence-corrected chi connectivity index (χ1v) is 8.34. The second kappa shape index (κ2) is 6.52. The minimum atomic E-state index is -0.724. The highest BCUT2D eigenvalue weighted by Gasteiger charge is 2.18. The second-order valence-electron chi connectivity index (χ2n) is 5.55. The molecule has 0 radical (unpaired) electrons. The van der Waals surface area contributed by atoms with Crippen LogP contribution in [0, 0.1) is 0 Å². The minimum absolute atomic E-state index is 0.0107. The molecule has 5 nitrogen and oxygen atoms in total. The monoisotopic (exact) mass is 329 g/mol. The van der Waals surface area contributed by atoms with Gasteiger partial charge in [0.1, 0.15) is 18.5 Å². The first-order valence-electron chi connectivity index (χ1n) is 7.46. The zero-order chi connectivity index (χ0) is 16.4. The van der Waals surface area contributed by atoms with E-state index in [4.69, 9.17) is 0 Å². The van der Waals surface area contributed by atoms with Crippen LogP contribution in [0.25, 0.3) is 11.0 Å². The Balaban J connectivity index is 1.85. The number of carbonyl (C=O) groups excluding carboxylic acids is 1. The van der Waals surface area contributed by atoms with E-state index in [0.29, 0.717) is 12.4 Å². The number of amides is 1. The van der Waals surface area contributed by atoms with Gasteiger partial charge in [0.05, 0.1) is 17.6 Å². The van der Waals surface area contributed by atoms with Crippen LogP contribution in [0.4, 0.5) is 0 Å². The third-order valence-electron chi connectivity index (χ3n) is 3.75. The number of aromatic nitrogens is 2. The SMILES string of the molecule is C[C@H](O)c1nc2ccccc2n1CC(=O)N(C)Cc1cccs1. The lowest BCUT2D eigenvalue weighted by Gasteiger charge is -2.18. The Hall–Kier alpha value is -2.18. The van der Waals surface area contributed by atoms with Gasteiger partial charge in [0.2, 0.25) is 5.91 Å². The maximum absolute atomic E-state index is 12.6. The van der Waals surface area contributed by atoms with E-state index in [-0.39, 0.29) is 12.5 Å². The van der Waals surface area contributed by atoms with Crippen molar-refractivity contribution in [3.05, 3.63) is 52.5 Å². The first-order chi connectivity index (χ1) is 11.1. The summed E-state index contributed by atoms with van der Waals surface area (Å²) in [5.41, 5.74) is 1.65. The Kier molecular flexibility index (Phi) is 4.45. The summed E-state index contributed by atoms with van der Waals surface area (Å²) in [5, 5.41) is 12.0. The van der Waals surface area contributed by atoms with Crippen molar-refractivity contribution in [2.24, 2.45) is 0 Å². The summed E-state index contributed by atoms with van der Waals surface area (Å²) in [4.78, 5) is 19.8. The number of carbonyl (C=O) groups is 1. The van der Waals surface area contributed by atoms with Crippen LogP contribution in [0.15, 0.2) is 41.8 Å². The minimum Gasteiger partial charge on any atom is -0.385 e. The molecule has 1 N–H and O–H groups in total. The van der Waals surface area contributed by atoms with E-state index in [1.807, 2.05) is 41.8 Å². The molecule has 0 saturated carbocycles. The summed E-state index contributed by atoms with van der Waals surface area (Å²) in [6.45, 7) is 2.42. The molecule has 2 heterocycles. The van der Waals surface area contributed by atoms with E-state index in [1.54, 1.807) is 34.8 Å². The summed E-state index contributed by atoms with van der Waals surface area (Å²) >= 11 is 1.63. The van der Waals surface area contributed by atoms with Crippen molar-refractivity contribution in [2.75, 3.05) is 7.05 Å². The van der Waals surface area contributed by atoms with Gasteiger partial charge in [-0.1, -0.05) is 18.2 Å². The number of benzene rings is 1. The van der Waals surface area contributed by atoms with E-state index < -0.39 is 6.10 Å². The van der Waals surface area contributed by atoms with Gasteiger partial charge in [-0.25, -0.2) is 4.98 Å². The van der Waals surface area contributed by atoms with E-state index >= 15 is 0 Å². The van der Waals surface area contributed by atoms with Gasteiger partial charge < -0.3 is 14.6 Å². The third-order valence-corrected chi connectivity index (χ3v) is 4.61. The fourth-order valence-electron chi connectivity index (χ4n) is 2.56. The average Bonchev–Trinajstić information content (AvgIpc) is 3.15. The highest BCUT2D eigenvalue weighted by atomic mass is 32.1. The van der Waals surface area contributed by atoms with Gasteiger partial charge in [-0.2, -0.15) is 0 Å². The number of hydrogen-bond donors (Lipinski definition) is 1. The lowest BCUT2D eigenvalue weighted by atomic mass is 10.3. The normalized spacial score (nSPS) is 12.5. The fraction of sp³-hybridized carbons (Fsp3) is 0.294. The molecule has 0 bridgehead atoms. The number of para-hydroxylation sites is 2. The van der Waals surface area contributed by atoms with Crippen LogP contribution in [-0.4, -0.2) is 32.5 Å². The summed E-state index contributed by atoms with van der Waals surface area (Å²) in [7, 11) is 1.79. The molecule has 1 atom stereocenters. The number of aliphatic hydroxyl groups is 1. The van der Waals surface area contributed by atoms with Crippen LogP contribution in [0.3, 0.4) is 0 Å². The zero-order valence-electron chi connectivity index (χ0n) is 13.1. The Morgan fingerprint density at radius 3 is 2.83 bits per heavy atom. The van der Waals surface area contributed by atoms with Crippen LogP contribution in [-0.2, 0) is 17.9 Å². The second-order valence-corrected chi connectivity index (χ2v) is 6.58. The van der Waals surface area contributed by atoms with Crippen LogP contribution in [0.2, 0.25) is 0 Å². The molecule has 0 fully saturated rings. The summed E-state index contributed by atoms with van der Waals surface area (Å²) < 4.78 is 1.80. The van der Waals surface area contributed by atoms with Crippen molar-refractivity contribution in [2.45, 2.75) is 26.1 Å². The zero-order valence-corrected chi connectivity index (χ0v) is 14.0. The molecule has 120 valence electrons. The van der Waals surface area contributed by atoms with Crippen molar-refractivity contribution >= 4 is 28.3 Å². The maximum atomic E-state index is 12.6. The van der Waals surface area contributed by atoms with E-state index in [9.17, 15) is 9.90 Å². The molecule has 3 aromatic rings. The van der Waals surface area contributed by atoms with Gasteiger partial charge in [0.25, 0.3) is 0 Å². The summed E-state index contributed by atoms with van der Waals surface area (Å²) in [5.74, 6) is 0.507. The van der Waals surface area contributed by atoms with Gasteiger partial charge in [0.15, 0.2) is 0 Å². The summed E-state index contributed by atoms with van der Waals surface area (Å²) in [6, 6.07) is 11.6. The van der Waals surface area contributed by atoms with Crippen LogP contribution in [0.1, 0.15) is 23.7 Å². The molecular weight excluding hydrogens is 310 g/mol. The highest BCUT2D eigenvalue weighted by molar-refractivity contribution is 7.09. The number of thiophene rings is 1. The molecular formula is C17H19N3O2S. The molecule has 23 heavy (non-hydrogen) atoms. The van der Waals surface area contributed by atoms with E-state index in [0.717, 1.165) is 15.9 Å². The number of hydrogen-bond acceptors (Lipinski definition) is 4. The molecule has 0 aliphatic rings. The number of aliphatic hydroxyl groups excluding tert-OH is 1. The molecule has 3 rings (SSSR count). The number of rotatable bonds is 5. The van der Waals surface area contributed by atoms with Crippen LogP contribution < -0.4 is 0 Å². The molecule has 1 aromatic carbocycles. The predicted molar refractivity (Wildman–Crippen MR) is 91.2 cm³/mol. The Labute approximate surface area is 138 Å². The highest BCUT2D eigenvalue weighted by Crippen LogP contribution is 2.21. The fourth-order valence-corrected chi connectivity index (χ4v) is 3.32. The van der Waals surface area contributed by atoms with Crippen molar-refractivity contribution in [1.82, 2.24) is 14.5 Å². The predicted octanol–water partition coefficient (Wildman–Crippen LogP) is 2.81. The molecule has 6 heteroatoms. The average molecular weight is 329 g/mol. The van der Waals surface area contributed by atoms with E-state index in [1.165, 1.54) is 0 Å². The van der Waals surface area contributed by atoms with Gasteiger partial charge in [0, 0.05) is 11.9 Å². The maximum Gasteiger partial charge on any atom is 0.242 e. The van der Waals surface area contributed by atoms with Gasteiger partial charge in [-0.05, 0) is 30.5 Å². The van der Waals surface area contributed by atoms with Crippen molar-refractivity contribution < 1.29 is 9.90 Å². The molecule has 0 aliphatic carbocycles. The van der Waals surface area contributed by atoms with Crippen molar-refractivity contribution in [1.29, 1.82) is 0 Å². The molecule has 0 aliphatic heterocycles. The smallest absolute Gasteiger partial charge is 0.242 e. The van der Waals surface area contributed by atoms with Gasteiger partial charge in [-0.15, -0.1) is 11.3 Å². The quantitative estimate of drug-likeness (QED) is 0.783. The number of likely N-dealkylation sites (N-methyl/N-ethyl adjacent to an activating group) is 1. The molecule has 0 spiro atoms. The Bertz CT molecular complexity index is 808. The summed E-state index contributed by atoms with van der Waals surface area (Å²) in [6.07, 6.45) is -0.724. The van der Waals surface area contributed by atoms with Crippen molar-refractivity contribution in [3.8, 4) is 0 Å².